The molecule has 0 fully saturated rings. The third-order valence-electron chi connectivity index (χ3n) is 5.82. The fourth-order valence-corrected chi connectivity index (χ4v) is 3.84. The minimum atomic E-state index is -1.01. The quantitative estimate of drug-likeness (QED) is 0.343. The summed E-state index contributed by atoms with van der Waals surface area (Å²) in [6.07, 6.45) is 4.70. The van der Waals surface area contributed by atoms with Gasteiger partial charge in [0.2, 0.25) is 0 Å². The van der Waals surface area contributed by atoms with E-state index in [-0.39, 0.29) is 22.9 Å². The average molecular weight is 411 g/mol. The Kier molecular flexibility index (Phi) is 6.80. The molecule has 0 spiro atoms. The van der Waals surface area contributed by atoms with E-state index in [0.717, 1.165) is 42.6 Å². The lowest BCUT2D eigenvalue weighted by atomic mass is 9.78. The molecule has 0 aliphatic carbocycles. The number of benzene rings is 2. The van der Waals surface area contributed by atoms with Gasteiger partial charge in [0, 0.05) is 5.56 Å². The first-order valence-electron chi connectivity index (χ1n) is 10.6. The Hall–Kier alpha value is -2.82. The Balaban J connectivity index is 1.85. The van der Waals surface area contributed by atoms with Crippen LogP contribution in [-0.4, -0.2) is 23.7 Å². The van der Waals surface area contributed by atoms with Gasteiger partial charge in [-0.3, -0.25) is 4.79 Å². The molecule has 2 aromatic rings. The van der Waals surface area contributed by atoms with Crippen LogP contribution in [0.15, 0.2) is 42.5 Å². The number of hydrogen-bond acceptors (Lipinski definition) is 4. The van der Waals surface area contributed by atoms with Crippen LogP contribution in [0.4, 0.5) is 0 Å². The SMILES string of the molecule is CCCCC[C@@H](C(=O)Oc1ccc(C(=O)O)cc1)c1ccc2c(c1)C(C)(C)CCO2. The molecule has 0 aromatic heterocycles. The standard InChI is InChI=1S/C25H30O5/c1-4-5-6-7-20(24(28)30-19-11-8-17(9-12-19)23(26)27)18-10-13-22-21(16-18)25(2,3)14-15-29-22/h8-13,16,20H,4-7,14-15H2,1-3H3,(H,26,27)/t20-/m1/s1. The molecular formula is C25H30O5. The van der Waals surface area contributed by atoms with Crippen LogP contribution in [0.5, 0.6) is 11.5 Å². The number of carboxylic acid groups (broad SMARTS) is 1. The van der Waals surface area contributed by atoms with Crippen molar-refractivity contribution in [3.8, 4) is 11.5 Å². The summed E-state index contributed by atoms with van der Waals surface area (Å²) in [6.45, 7) is 7.24. The number of fused-ring (bicyclic) bond motifs is 1. The largest absolute Gasteiger partial charge is 0.493 e. The lowest BCUT2D eigenvalue weighted by Gasteiger charge is -2.33. The van der Waals surface area contributed by atoms with Gasteiger partial charge in [0.25, 0.3) is 0 Å². The molecule has 0 saturated carbocycles. The number of carbonyl (C=O) groups is 2. The maximum Gasteiger partial charge on any atom is 0.335 e. The van der Waals surface area contributed by atoms with E-state index in [1.165, 1.54) is 24.3 Å². The number of esters is 1. The van der Waals surface area contributed by atoms with Gasteiger partial charge in [-0.2, -0.15) is 0 Å². The first kappa shape index (κ1) is 21.9. The van der Waals surface area contributed by atoms with Crippen LogP contribution in [0.1, 0.15) is 80.3 Å². The molecule has 30 heavy (non-hydrogen) atoms. The molecule has 0 unspecified atom stereocenters. The van der Waals surface area contributed by atoms with Gasteiger partial charge in [-0.05, 0) is 54.2 Å². The summed E-state index contributed by atoms with van der Waals surface area (Å²) in [6, 6.07) is 12.0. The summed E-state index contributed by atoms with van der Waals surface area (Å²) in [5.41, 5.74) is 2.22. The van der Waals surface area contributed by atoms with Gasteiger partial charge < -0.3 is 14.6 Å². The second kappa shape index (κ2) is 9.33. The van der Waals surface area contributed by atoms with Crippen LogP contribution in [0.3, 0.4) is 0 Å². The van der Waals surface area contributed by atoms with Crippen molar-refractivity contribution in [1.29, 1.82) is 0 Å². The molecule has 0 bridgehead atoms. The molecule has 1 aliphatic rings. The van der Waals surface area contributed by atoms with Crippen molar-refractivity contribution < 1.29 is 24.2 Å². The van der Waals surface area contributed by atoms with Crippen molar-refractivity contribution in [2.24, 2.45) is 0 Å². The molecule has 1 atom stereocenters. The van der Waals surface area contributed by atoms with E-state index in [1.807, 2.05) is 12.1 Å². The van der Waals surface area contributed by atoms with Crippen LogP contribution >= 0.6 is 0 Å². The fourth-order valence-electron chi connectivity index (χ4n) is 3.84. The Morgan fingerprint density at radius 3 is 2.53 bits per heavy atom. The number of unbranched alkanes of at least 4 members (excludes halogenated alkanes) is 2. The lowest BCUT2D eigenvalue weighted by molar-refractivity contribution is -0.136. The second-order valence-electron chi connectivity index (χ2n) is 8.54. The molecule has 160 valence electrons. The van der Waals surface area contributed by atoms with E-state index < -0.39 is 5.97 Å². The Labute approximate surface area is 178 Å². The van der Waals surface area contributed by atoms with Gasteiger partial charge >= 0.3 is 11.9 Å². The topological polar surface area (TPSA) is 72.8 Å². The smallest absolute Gasteiger partial charge is 0.335 e. The molecule has 3 rings (SSSR count). The van der Waals surface area contributed by atoms with E-state index in [0.29, 0.717) is 18.8 Å². The third kappa shape index (κ3) is 5.02. The van der Waals surface area contributed by atoms with Crippen molar-refractivity contribution in [2.45, 2.75) is 64.2 Å². The molecule has 0 amide bonds. The van der Waals surface area contributed by atoms with E-state index in [2.05, 4.69) is 26.8 Å². The van der Waals surface area contributed by atoms with Gasteiger partial charge in [-0.25, -0.2) is 4.79 Å². The van der Waals surface area contributed by atoms with Gasteiger partial charge in [0.15, 0.2) is 0 Å². The minimum Gasteiger partial charge on any atom is -0.493 e. The Bertz CT molecular complexity index is 898. The third-order valence-corrected chi connectivity index (χ3v) is 5.82. The molecule has 1 heterocycles. The molecule has 0 saturated heterocycles. The zero-order valence-electron chi connectivity index (χ0n) is 17.9. The van der Waals surface area contributed by atoms with Gasteiger partial charge in [0.05, 0.1) is 18.1 Å². The highest BCUT2D eigenvalue weighted by Crippen LogP contribution is 2.40. The number of ether oxygens (including phenoxy) is 2. The van der Waals surface area contributed by atoms with Gasteiger partial charge in [-0.1, -0.05) is 52.2 Å². The fraction of sp³-hybridized carbons (Fsp3) is 0.440. The highest BCUT2D eigenvalue weighted by atomic mass is 16.5. The molecule has 0 radical (unpaired) electrons. The highest BCUT2D eigenvalue weighted by molar-refractivity contribution is 5.88. The van der Waals surface area contributed by atoms with Crippen molar-refractivity contribution in [1.82, 2.24) is 0 Å². The van der Waals surface area contributed by atoms with Crippen molar-refractivity contribution in [2.75, 3.05) is 6.61 Å². The molecule has 1 aliphatic heterocycles. The first-order chi connectivity index (χ1) is 14.3. The van der Waals surface area contributed by atoms with Crippen molar-refractivity contribution in [3.05, 3.63) is 59.2 Å². The van der Waals surface area contributed by atoms with Crippen molar-refractivity contribution in [3.63, 3.8) is 0 Å². The summed E-state index contributed by atoms with van der Waals surface area (Å²) in [7, 11) is 0. The van der Waals surface area contributed by atoms with Crippen LogP contribution in [0.2, 0.25) is 0 Å². The summed E-state index contributed by atoms with van der Waals surface area (Å²) in [5.74, 6) is -0.460. The summed E-state index contributed by atoms with van der Waals surface area (Å²) < 4.78 is 11.4. The summed E-state index contributed by atoms with van der Waals surface area (Å²) in [5, 5.41) is 9.04. The lowest BCUT2D eigenvalue weighted by Crippen LogP contribution is -2.27. The van der Waals surface area contributed by atoms with E-state index in [9.17, 15) is 9.59 Å². The summed E-state index contributed by atoms with van der Waals surface area (Å²) in [4.78, 5) is 24.1. The minimum absolute atomic E-state index is 0.00582. The van der Waals surface area contributed by atoms with Crippen LogP contribution in [-0.2, 0) is 10.2 Å². The monoisotopic (exact) mass is 410 g/mol. The number of aromatic carboxylic acids is 1. The zero-order valence-corrected chi connectivity index (χ0v) is 17.9. The summed E-state index contributed by atoms with van der Waals surface area (Å²) >= 11 is 0. The van der Waals surface area contributed by atoms with E-state index >= 15 is 0 Å². The predicted molar refractivity (Wildman–Crippen MR) is 115 cm³/mol. The molecular weight excluding hydrogens is 380 g/mol. The maximum absolute atomic E-state index is 13.1. The average Bonchev–Trinajstić information content (AvgIpc) is 2.71. The molecule has 2 aromatic carbocycles. The molecule has 5 heteroatoms. The normalized spacial score (nSPS) is 15.6. The number of carboxylic acids is 1. The van der Waals surface area contributed by atoms with E-state index in [4.69, 9.17) is 14.6 Å². The van der Waals surface area contributed by atoms with Crippen LogP contribution in [0.25, 0.3) is 0 Å². The Morgan fingerprint density at radius 1 is 1.13 bits per heavy atom. The van der Waals surface area contributed by atoms with Gasteiger partial charge in [0.1, 0.15) is 11.5 Å². The number of hydrogen-bond donors (Lipinski definition) is 1. The van der Waals surface area contributed by atoms with Gasteiger partial charge in [-0.15, -0.1) is 0 Å². The van der Waals surface area contributed by atoms with Crippen molar-refractivity contribution >= 4 is 11.9 Å². The zero-order chi connectivity index (χ0) is 21.7. The van der Waals surface area contributed by atoms with Crippen LogP contribution < -0.4 is 9.47 Å². The number of carbonyl (C=O) groups excluding carboxylic acids is 1. The second-order valence-corrected chi connectivity index (χ2v) is 8.54. The number of rotatable bonds is 8. The first-order valence-corrected chi connectivity index (χ1v) is 10.6. The molecule has 1 N–H and O–H groups in total. The van der Waals surface area contributed by atoms with Crippen LogP contribution in [0, 0.1) is 0 Å². The van der Waals surface area contributed by atoms with E-state index in [1.54, 1.807) is 0 Å². The Morgan fingerprint density at radius 2 is 1.87 bits per heavy atom. The molecule has 5 nitrogen and oxygen atoms in total. The predicted octanol–water partition coefficient (Wildman–Crippen LogP) is 5.71. The maximum atomic E-state index is 13.1. The highest BCUT2D eigenvalue weighted by Gasteiger charge is 2.31.